The Labute approximate surface area is 99.5 Å². The number of benzene rings is 1. The molecule has 0 amide bonds. The first-order valence-corrected chi connectivity index (χ1v) is 5.57. The first kappa shape index (κ1) is 11.5. The van der Waals surface area contributed by atoms with Gasteiger partial charge in [0.15, 0.2) is 0 Å². The van der Waals surface area contributed by atoms with Crippen LogP contribution in [-0.2, 0) is 6.42 Å². The monoisotopic (exact) mass is 229 g/mol. The zero-order chi connectivity index (χ0) is 12.3. The van der Waals surface area contributed by atoms with Crippen molar-refractivity contribution in [2.24, 2.45) is 5.73 Å². The summed E-state index contributed by atoms with van der Waals surface area (Å²) in [6.07, 6.45) is 0.656. The average Bonchev–Trinajstić information content (AvgIpc) is 2.35. The Kier molecular flexibility index (Phi) is 3.35. The molecular formula is C13H15N3O. The number of nitrogens with zero attached hydrogens (tertiary/aromatic N) is 1. The smallest absolute Gasteiger partial charge is 0.330 e. The first-order valence-electron chi connectivity index (χ1n) is 5.57. The first-order chi connectivity index (χ1) is 8.22. The van der Waals surface area contributed by atoms with Crippen molar-refractivity contribution in [3.05, 3.63) is 52.1 Å². The van der Waals surface area contributed by atoms with Crippen molar-refractivity contribution >= 4 is 0 Å². The quantitative estimate of drug-likeness (QED) is 0.832. The molecule has 0 atom stereocenters. The van der Waals surface area contributed by atoms with E-state index in [-0.39, 0.29) is 5.69 Å². The van der Waals surface area contributed by atoms with Crippen LogP contribution in [0.25, 0.3) is 11.3 Å². The van der Waals surface area contributed by atoms with Crippen LogP contribution in [0.5, 0.6) is 0 Å². The lowest BCUT2D eigenvalue weighted by molar-refractivity contribution is 0.877. The molecule has 0 bridgehead atoms. The summed E-state index contributed by atoms with van der Waals surface area (Å²) < 4.78 is 0. The van der Waals surface area contributed by atoms with Crippen molar-refractivity contribution in [2.75, 3.05) is 6.54 Å². The Balaban J connectivity index is 2.58. The Hall–Kier alpha value is -1.94. The molecule has 2 aromatic rings. The van der Waals surface area contributed by atoms with Crippen molar-refractivity contribution in [1.29, 1.82) is 0 Å². The second kappa shape index (κ2) is 4.93. The van der Waals surface area contributed by atoms with Crippen LogP contribution in [-0.4, -0.2) is 16.5 Å². The van der Waals surface area contributed by atoms with Gasteiger partial charge >= 0.3 is 5.69 Å². The maximum Gasteiger partial charge on any atom is 0.345 e. The van der Waals surface area contributed by atoms with Gasteiger partial charge in [-0.2, -0.15) is 4.98 Å². The van der Waals surface area contributed by atoms with Crippen LogP contribution in [0.2, 0.25) is 0 Å². The number of nitrogens with one attached hydrogen (secondary N) is 1. The second-order valence-electron chi connectivity index (χ2n) is 3.90. The van der Waals surface area contributed by atoms with Crippen molar-refractivity contribution in [1.82, 2.24) is 9.97 Å². The summed E-state index contributed by atoms with van der Waals surface area (Å²) >= 11 is 0. The number of hydrogen-bond donors (Lipinski definition) is 2. The number of H-pyrrole nitrogens is 1. The number of hydrogen-bond acceptors (Lipinski definition) is 3. The van der Waals surface area contributed by atoms with E-state index >= 15 is 0 Å². The molecule has 2 rings (SSSR count). The standard InChI is InChI=1S/C13H15N3O/c1-9-11(7-8-14)15-13(17)16-12(9)10-5-3-2-4-6-10/h2-6H,7-8,14H2,1H3,(H,15,16,17). The predicted molar refractivity (Wildman–Crippen MR) is 67.8 cm³/mol. The van der Waals surface area contributed by atoms with E-state index in [2.05, 4.69) is 9.97 Å². The van der Waals surface area contributed by atoms with E-state index in [4.69, 9.17) is 5.73 Å². The lowest BCUT2D eigenvalue weighted by Gasteiger charge is -2.09. The summed E-state index contributed by atoms with van der Waals surface area (Å²) in [4.78, 5) is 18.3. The molecule has 0 aliphatic carbocycles. The Morgan fingerprint density at radius 2 is 2.00 bits per heavy atom. The highest BCUT2D eigenvalue weighted by atomic mass is 16.1. The zero-order valence-electron chi connectivity index (χ0n) is 9.73. The van der Waals surface area contributed by atoms with E-state index in [0.29, 0.717) is 13.0 Å². The molecule has 0 radical (unpaired) electrons. The highest BCUT2D eigenvalue weighted by Crippen LogP contribution is 2.20. The van der Waals surface area contributed by atoms with Crippen molar-refractivity contribution in [3.63, 3.8) is 0 Å². The number of rotatable bonds is 3. The molecule has 17 heavy (non-hydrogen) atoms. The number of aromatic amines is 1. The van der Waals surface area contributed by atoms with Gasteiger partial charge in [-0.15, -0.1) is 0 Å². The fourth-order valence-electron chi connectivity index (χ4n) is 1.85. The molecule has 4 nitrogen and oxygen atoms in total. The minimum Gasteiger partial charge on any atom is -0.330 e. The molecular weight excluding hydrogens is 214 g/mol. The van der Waals surface area contributed by atoms with E-state index in [1.807, 2.05) is 37.3 Å². The Morgan fingerprint density at radius 3 is 2.65 bits per heavy atom. The summed E-state index contributed by atoms with van der Waals surface area (Å²) in [6, 6.07) is 9.69. The third-order valence-corrected chi connectivity index (χ3v) is 2.72. The molecule has 1 aromatic carbocycles. The van der Waals surface area contributed by atoms with Crippen LogP contribution < -0.4 is 11.4 Å². The molecule has 0 saturated carbocycles. The normalized spacial score (nSPS) is 10.5. The van der Waals surface area contributed by atoms with Gasteiger partial charge in [-0.3, -0.25) is 0 Å². The summed E-state index contributed by atoms with van der Waals surface area (Å²) in [5.74, 6) is 0. The highest BCUT2D eigenvalue weighted by Gasteiger charge is 2.09. The highest BCUT2D eigenvalue weighted by molar-refractivity contribution is 5.63. The fourth-order valence-corrected chi connectivity index (χ4v) is 1.85. The van der Waals surface area contributed by atoms with Crippen molar-refractivity contribution < 1.29 is 0 Å². The van der Waals surface area contributed by atoms with E-state index in [0.717, 1.165) is 22.5 Å². The van der Waals surface area contributed by atoms with E-state index < -0.39 is 0 Å². The summed E-state index contributed by atoms with van der Waals surface area (Å²) in [6.45, 7) is 2.46. The van der Waals surface area contributed by atoms with Crippen LogP contribution in [0.1, 0.15) is 11.3 Å². The minimum absolute atomic E-state index is 0.321. The van der Waals surface area contributed by atoms with Crippen LogP contribution in [0, 0.1) is 6.92 Å². The van der Waals surface area contributed by atoms with Gasteiger partial charge in [-0.05, 0) is 19.0 Å². The lowest BCUT2D eigenvalue weighted by atomic mass is 10.0. The summed E-state index contributed by atoms with van der Waals surface area (Å²) in [7, 11) is 0. The van der Waals surface area contributed by atoms with Gasteiger partial charge in [0, 0.05) is 17.7 Å². The molecule has 1 heterocycles. The molecule has 0 unspecified atom stereocenters. The third-order valence-electron chi connectivity index (χ3n) is 2.72. The predicted octanol–water partition coefficient (Wildman–Crippen LogP) is 1.25. The van der Waals surface area contributed by atoms with Crippen molar-refractivity contribution in [2.45, 2.75) is 13.3 Å². The van der Waals surface area contributed by atoms with Crippen LogP contribution >= 0.6 is 0 Å². The largest absolute Gasteiger partial charge is 0.345 e. The molecule has 0 saturated heterocycles. The fraction of sp³-hybridized carbons (Fsp3) is 0.231. The summed E-state index contributed by atoms with van der Waals surface area (Å²) in [5, 5.41) is 0. The van der Waals surface area contributed by atoms with Gasteiger partial charge in [-0.25, -0.2) is 4.79 Å². The molecule has 0 fully saturated rings. The SMILES string of the molecule is Cc1c(-c2ccccc2)nc(=O)[nH]c1CCN. The molecule has 0 aliphatic heterocycles. The van der Waals surface area contributed by atoms with Gasteiger partial charge < -0.3 is 10.7 Å². The van der Waals surface area contributed by atoms with E-state index in [1.165, 1.54) is 0 Å². The van der Waals surface area contributed by atoms with Crippen LogP contribution in [0.4, 0.5) is 0 Å². The van der Waals surface area contributed by atoms with Gasteiger partial charge in [0.2, 0.25) is 0 Å². The third kappa shape index (κ3) is 2.42. The lowest BCUT2D eigenvalue weighted by Crippen LogP contribution is -2.18. The molecule has 4 heteroatoms. The second-order valence-corrected chi connectivity index (χ2v) is 3.90. The van der Waals surface area contributed by atoms with Gasteiger partial charge in [0.1, 0.15) is 0 Å². The molecule has 88 valence electrons. The van der Waals surface area contributed by atoms with Gasteiger partial charge in [-0.1, -0.05) is 30.3 Å². The van der Waals surface area contributed by atoms with Crippen LogP contribution in [0.15, 0.2) is 35.1 Å². The van der Waals surface area contributed by atoms with Crippen molar-refractivity contribution in [3.8, 4) is 11.3 Å². The zero-order valence-corrected chi connectivity index (χ0v) is 9.73. The molecule has 3 N–H and O–H groups in total. The van der Waals surface area contributed by atoms with Crippen LogP contribution in [0.3, 0.4) is 0 Å². The Bertz CT molecular complexity index is 561. The van der Waals surface area contributed by atoms with E-state index in [9.17, 15) is 4.79 Å². The average molecular weight is 229 g/mol. The van der Waals surface area contributed by atoms with E-state index in [1.54, 1.807) is 0 Å². The minimum atomic E-state index is -0.321. The summed E-state index contributed by atoms with van der Waals surface area (Å²) in [5.41, 5.74) is 8.75. The van der Waals surface area contributed by atoms with Gasteiger partial charge in [0.05, 0.1) is 5.69 Å². The topological polar surface area (TPSA) is 71.8 Å². The number of nitrogens with two attached hydrogens (primary N) is 1. The molecule has 1 aromatic heterocycles. The number of aromatic nitrogens is 2. The maximum absolute atomic E-state index is 11.5. The maximum atomic E-state index is 11.5. The molecule has 0 spiro atoms. The Morgan fingerprint density at radius 1 is 1.29 bits per heavy atom. The van der Waals surface area contributed by atoms with Gasteiger partial charge in [0.25, 0.3) is 0 Å². The molecule has 0 aliphatic rings.